The Hall–Kier alpha value is -3.53. The molecule has 0 amide bonds. The summed E-state index contributed by atoms with van der Waals surface area (Å²) in [7, 11) is 0. The van der Waals surface area contributed by atoms with Gasteiger partial charge in [-0.15, -0.1) is 0 Å². The number of hydrogen-bond acceptors (Lipinski definition) is 8. The van der Waals surface area contributed by atoms with E-state index in [0.29, 0.717) is 19.0 Å². The van der Waals surface area contributed by atoms with Gasteiger partial charge in [0.25, 0.3) is 0 Å². The van der Waals surface area contributed by atoms with Crippen molar-refractivity contribution in [2.45, 2.75) is 33.2 Å². The van der Waals surface area contributed by atoms with Crippen LogP contribution in [0.25, 0.3) is 28.2 Å². The van der Waals surface area contributed by atoms with Crippen molar-refractivity contribution >= 4 is 22.8 Å². The largest absolute Gasteiger partial charge is 0.383 e. The van der Waals surface area contributed by atoms with Gasteiger partial charge in [0.2, 0.25) is 0 Å². The van der Waals surface area contributed by atoms with Crippen LogP contribution in [-0.2, 0) is 11.3 Å². The molecule has 0 saturated carbocycles. The van der Waals surface area contributed by atoms with E-state index < -0.39 is 0 Å². The molecule has 5 rings (SSSR count). The lowest BCUT2D eigenvalue weighted by molar-refractivity contribution is 0.122. The molecular formula is C28H38N8O. The second kappa shape index (κ2) is 13.1. The van der Waals surface area contributed by atoms with E-state index in [4.69, 9.17) is 26.2 Å². The molecule has 0 atom stereocenters. The molecule has 1 saturated heterocycles. The Kier molecular flexibility index (Phi) is 9.42. The van der Waals surface area contributed by atoms with Crippen molar-refractivity contribution in [1.29, 1.82) is 0 Å². The minimum Gasteiger partial charge on any atom is -0.383 e. The van der Waals surface area contributed by atoms with E-state index in [-0.39, 0.29) is 0 Å². The Morgan fingerprint density at radius 3 is 2.49 bits per heavy atom. The molecule has 1 aliphatic heterocycles. The lowest BCUT2D eigenvalue weighted by atomic mass is 10.2. The van der Waals surface area contributed by atoms with Crippen LogP contribution in [0.1, 0.15) is 32.3 Å². The number of benzene rings is 1. The number of rotatable bonds is 9. The van der Waals surface area contributed by atoms with Crippen LogP contribution in [-0.4, -0.2) is 58.9 Å². The first-order valence-corrected chi connectivity index (χ1v) is 13.2. The quantitative estimate of drug-likeness (QED) is 0.296. The smallest absolute Gasteiger partial charge is 0.167 e. The van der Waals surface area contributed by atoms with Crippen LogP contribution in [0.5, 0.6) is 0 Å². The fraction of sp³-hybridized carbons (Fsp3) is 0.393. The molecule has 1 aliphatic rings. The van der Waals surface area contributed by atoms with Crippen molar-refractivity contribution in [2.75, 3.05) is 50.0 Å². The molecule has 1 aromatic carbocycles. The van der Waals surface area contributed by atoms with Crippen molar-refractivity contribution in [3.8, 4) is 17.1 Å². The predicted octanol–water partition coefficient (Wildman–Crippen LogP) is 3.76. The number of pyridine rings is 2. The summed E-state index contributed by atoms with van der Waals surface area (Å²) in [6, 6.07) is 16.4. The number of aromatic nitrogens is 4. The lowest BCUT2D eigenvalue weighted by Gasteiger charge is -2.27. The first-order chi connectivity index (χ1) is 18.2. The third-order valence-electron chi connectivity index (χ3n) is 6.24. The van der Waals surface area contributed by atoms with E-state index in [2.05, 4.69) is 44.0 Å². The summed E-state index contributed by atoms with van der Waals surface area (Å²) in [6.45, 7) is 9.57. The summed E-state index contributed by atoms with van der Waals surface area (Å²) in [5.41, 5.74) is 16.4. The van der Waals surface area contributed by atoms with Gasteiger partial charge in [-0.25, -0.2) is 15.0 Å². The molecule has 3 aromatic heterocycles. The zero-order valence-electron chi connectivity index (χ0n) is 21.9. The highest BCUT2D eigenvalue weighted by Gasteiger charge is 2.20. The van der Waals surface area contributed by atoms with Crippen LogP contribution in [0.2, 0.25) is 0 Å². The van der Waals surface area contributed by atoms with Gasteiger partial charge in [0.05, 0.1) is 18.8 Å². The Balaban J connectivity index is 0.00000156. The molecule has 0 bridgehead atoms. The molecular weight excluding hydrogens is 464 g/mol. The standard InChI is InChI=1S/C26H32N8O.C2H6/c27-11-1-2-12-29-18-19-5-7-20(8-6-19)34-25(21-4-3-13-30-24(21)28)31-22-9-10-23(32-26(22)34)33-14-16-35-17-15-33;1-2/h3-10,13,29H,1-2,11-12,14-18,27H2,(H2,28,30);1-2H3. The highest BCUT2D eigenvalue weighted by molar-refractivity contribution is 5.83. The van der Waals surface area contributed by atoms with Gasteiger partial charge >= 0.3 is 0 Å². The van der Waals surface area contributed by atoms with Crippen LogP contribution < -0.4 is 21.7 Å². The fourth-order valence-electron chi connectivity index (χ4n) is 4.34. The molecule has 196 valence electrons. The van der Waals surface area contributed by atoms with Crippen LogP contribution in [0.3, 0.4) is 0 Å². The number of unbranched alkanes of at least 4 members (excludes halogenated alkanes) is 1. The molecule has 0 unspecified atom stereocenters. The normalized spacial score (nSPS) is 13.4. The summed E-state index contributed by atoms with van der Waals surface area (Å²) >= 11 is 0. The van der Waals surface area contributed by atoms with E-state index in [1.54, 1.807) is 6.20 Å². The Morgan fingerprint density at radius 2 is 1.76 bits per heavy atom. The number of hydrogen-bond donors (Lipinski definition) is 3. The summed E-state index contributed by atoms with van der Waals surface area (Å²) in [5.74, 6) is 2.09. The summed E-state index contributed by atoms with van der Waals surface area (Å²) < 4.78 is 7.59. The highest BCUT2D eigenvalue weighted by Crippen LogP contribution is 2.31. The highest BCUT2D eigenvalue weighted by atomic mass is 16.5. The number of nitrogens with one attached hydrogen (secondary N) is 1. The predicted molar refractivity (Wildman–Crippen MR) is 151 cm³/mol. The minimum atomic E-state index is 0.441. The maximum absolute atomic E-state index is 6.26. The van der Waals surface area contributed by atoms with Gasteiger partial charge in [0.15, 0.2) is 11.5 Å². The van der Waals surface area contributed by atoms with Crippen molar-refractivity contribution in [2.24, 2.45) is 5.73 Å². The monoisotopic (exact) mass is 502 g/mol. The van der Waals surface area contributed by atoms with E-state index in [0.717, 1.165) is 79.6 Å². The lowest BCUT2D eigenvalue weighted by Crippen LogP contribution is -2.36. The van der Waals surface area contributed by atoms with Crippen LogP contribution in [0.4, 0.5) is 11.6 Å². The van der Waals surface area contributed by atoms with Gasteiger partial charge in [-0.05, 0) is 67.9 Å². The summed E-state index contributed by atoms with van der Waals surface area (Å²) in [4.78, 5) is 16.5. The van der Waals surface area contributed by atoms with Crippen molar-refractivity contribution < 1.29 is 4.74 Å². The molecule has 37 heavy (non-hydrogen) atoms. The molecule has 4 heterocycles. The number of imidazole rings is 1. The van der Waals surface area contributed by atoms with E-state index in [1.807, 2.05) is 38.1 Å². The summed E-state index contributed by atoms with van der Waals surface area (Å²) in [6.07, 6.45) is 3.82. The molecule has 0 aliphatic carbocycles. The van der Waals surface area contributed by atoms with Crippen LogP contribution in [0, 0.1) is 0 Å². The van der Waals surface area contributed by atoms with E-state index in [9.17, 15) is 0 Å². The van der Waals surface area contributed by atoms with Gasteiger partial charge in [-0.1, -0.05) is 26.0 Å². The first kappa shape index (κ1) is 26.5. The van der Waals surface area contributed by atoms with Gasteiger partial charge in [-0.2, -0.15) is 0 Å². The second-order valence-electron chi connectivity index (χ2n) is 8.66. The SMILES string of the molecule is CC.NCCCCNCc1ccc(-n2c(-c3cccnc3N)nc3ccc(N4CCOCC4)nc32)cc1. The number of nitrogens with zero attached hydrogens (tertiary/aromatic N) is 5. The van der Waals surface area contributed by atoms with Crippen molar-refractivity contribution in [3.05, 3.63) is 60.3 Å². The zero-order valence-corrected chi connectivity index (χ0v) is 21.9. The minimum absolute atomic E-state index is 0.441. The molecule has 1 fully saturated rings. The number of nitrogens with two attached hydrogens (primary N) is 2. The van der Waals surface area contributed by atoms with Gasteiger partial charge < -0.3 is 26.4 Å². The number of nitrogen functional groups attached to an aromatic ring is 1. The maximum Gasteiger partial charge on any atom is 0.167 e. The van der Waals surface area contributed by atoms with Gasteiger partial charge in [0, 0.05) is 31.5 Å². The Labute approximate surface area is 218 Å². The number of morpholine rings is 1. The Morgan fingerprint density at radius 1 is 0.973 bits per heavy atom. The number of fused-ring (bicyclic) bond motifs is 1. The second-order valence-corrected chi connectivity index (χ2v) is 8.66. The summed E-state index contributed by atoms with van der Waals surface area (Å²) in [5, 5.41) is 3.48. The van der Waals surface area contributed by atoms with Crippen LogP contribution >= 0.6 is 0 Å². The molecule has 9 nitrogen and oxygen atoms in total. The van der Waals surface area contributed by atoms with Gasteiger partial charge in [0.1, 0.15) is 17.2 Å². The number of ether oxygens (including phenoxy) is 1. The molecule has 4 aromatic rings. The van der Waals surface area contributed by atoms with E-state index in [1.165, 1.54) is 5.56 Å². The average molecular weight is 503 g/mol. The van der Waals surface area contributed by atoms with Crippen molar-refractivity contribution in [3.63, 3.8) is 0 Å². The first-order valence-electron chi connectivity index (χ1n) is 13.2. The maximum atomic E-state index is 6.26. The molecule has 0 spiro atoms. The van der Waals surface area contributed by atoms with Crippen molar-refractivity contribution in [1.82, 2.24) is 24.8 Å². The third-order valence-corrected chi connectivity index (χ3v) is 6.24. The van der Waals surface area contributed by atoms with E-state index >= 15 is 0 Å². The average Bonchev–Trinajstić information content (AvgIpc) is 3.33. The molecule has 0 radical (unpaired) electrons. The zero-order chi connectivity index (χ0) is 26.0. The van der Waals surface area contributed by atoms with Crippen LogP contribution in [0.15, 0.2) is 54.7 Å². The fourth-order valence-corrected chi connectivity index (χ4v) is 4.34. The van der Waals surface area contributed by atoms with Gasteiger partial charge in [-0.3, -0.25) is 4.57 Å². The molecule has 5 N–H and O–H groups in total. The topological polar surface area (TPSA) is 120 Å². The molecule has 9 heteroatoms. The number of anilines is 2. The third kappa shape index (κ3) is 6.25. The Bertz CT molecular complexity index is 1270.